The maximum Gasteiger partial charge on any atom is 0.200 e. The zero-order valence-corrected chi connectivity index (χ0v) is 10.0. The Kier molecular flexibility index (Phi) is 3.46. The van der Waals surface area contributed by atoms with Crippen molar-refractivity contribution >= 4 is 5.95 Å². The largest absolute Gasteiger partial charge is 0.379 e. The van der Waals surface area contributed by atoms with E-state index in [1.54, 1.807) is 0 Å². The van der Waals surface area contributed by atoms with E-state index >= 15 is 0 Å². The summed E-state index contributed by atoms with van der Waals surface area (Å²) in [7, 11) is 0. The van der Waals surface area contributed by atoms with E-state index in [1.807, 2.05) is 4.57 Å². The molecule has 2 heterocycles. The van der Waals surface area contributed by atoms with Crippen LogP contribution in [0.25, 0.3) is 0 Å². The van der Waals surface area contributed by atoms with Crippen LogP contribution in [-0.4, -0.2) is 40.8 Å². The van der Waals surface area contributed by atoms with E-state index in [0.717, 1.165) is 38.5 Å². The zero-order valence-electron chi connectivity index (χ0n) is 10.0. The van der Waals surface area contributed by atoms with Gasteiger partial charge in [0.25, 0.3) is 0 Å². The minimum absolute atomic E-state index is 0.367. The lowest BCUT2D eigenvalue weighted by Gasteiger charge is -2.25. The van der Waals surface area contributed by atoms with Gasteiger partial charge in [-0.25, -0.2) is 4.98 Å². The Hall–Kier alpha value is -1.07. The van der Waals surface area contributed by atoms with Crippen molar-refractivity contribution in [3.63, 3.8) is 0 Å². The van der Waals surface area contributed by atoms with Gasteiger partial charge in [0.05, 0.1) is 18.9 Å². The van der Waals surface area contributed by atoms with Gasteiger partial charge < -0.3 is 15.0 Å². The number of ether oxygens (including phenoxy) is 1. The van der Waals surface area contributed by atoms with Crippen LogP contribution >= 0.6 is 0 Å². The average molecular weight is 224 g/mol. The second-order valence-corrected chi connectivity index (χ2v) is 4.48. The molecule has 0 spiro atoms. The Balaban J connectivity index is 2.01. The molecule has 0 aromatic carbocycles. The SMILES string of the molecule is CC(C)n1cc(CN2CCOCC2)nc1N. The van der Waals surface area contributed by atoms with E-state index < -0.39 is 0 Å². The first-order valence-electron chi connectivity index (χ1n) is 5.80. The quantitative estimate of drug-likeness (QED) is 0.828. The standard InChI is InChI=1S/C11H20N4O/c1-9(2)15-8-10(13-11(15)12)7-14-3-5-16-6-4-14/h8-9H,3-7H2,1-2H3,(H2,12,13). The van der Waals surface area contributed by atoms with Crippen molar-refractivity contribution in [3.05, 3.63) is 11.9 Å². The molecule has 5 nitrogen and oxygen atoms in total. The van der Waals surface area contributed by atoms with Crippen molar-refractivity contribution < 1.29 is 4.74 Å². The number of nitrogen functional groups attached to an aromatic ring is 1. The molecule has 1 saturated heterocycles. The summed E-state index contributed by atoms with van der Waals surface area (Å²) in [5, 5.41) is 0. The van der Waals surface area contributed by atoms with Crippen LogP contribution in [-0.2, 0) is 11.3 Å². The first-order chi connectivity index (χ1) is 7.66. The topological polar surface area (TPSA) is 56.3 Å². The van der Waals surface area contributed by atoms with E-state index in [9.17, 15) is 0 Å². The molecular weight excluding hydrogens is 204 g/mol. The summed E-state index contributed by atoms with van der Waals surface area (Å²) in [5.74, 6) is 0.609. The number of rotatable bonds is 3. The van der Waals surface area contributed by atoms with Crippen molar-refractivity contribution in [1.29, 1.82) is 0 Å². The first-order valence-corrected chi connectivity index (χ1v) is 5.80. The van der Waals surface area contributed by atoms with Gasteiger partial charge in [-0.1, -0.05) is 0 Å². The Morgan fingerprint density at radius 3 is 2.69 bits per heavy atom. The molecule has 2 N–H and O–H groups in total. The van der Waals surface area contributed by atoms with E-state index in [2.05, 4.69) is 29.9 Å². The molecule has 0 amide bonds. The summed E-state index contributed by atoms with van der Waals surface area (Å²) in [4.78, 5) is 6.73. The van der Waals surface area contributed by atoms with E-state index in [0.29, 0.717) is 12.0 Å². The van der Waals surface area contributed by atoms with Crippen LogP contribution in [0.2, 0.25) is 0 Å². The highest BCUT2D eigenvalue weighted by molar-refractivity contribution is 5.22. The summed E-state index contributed by atoms with van der Waals surface area (Å²) in [6, 6.07) is 0.367. The summed E-state index contributed by atoms with van der Waals surface area (Å²) in [6.07, 6.45) is 2.05. The van der Waals surface area contributed by atoms with Crippen LogP contribution in [0.3, 0.4) is 0 Å². The monoisotopic (exact) mass is 224 g/mol. The molecule has 5 heteroatoms. The summed E-state index contributed by atoms with van der Waals surface area (Å²) < 4.78 is 7.32. The molecule has 0 bridgehead atoms. The van der Waals surface area contributed by atoms with Crippen LogP contribution in [0.15, 0.2) is 6.20 Å². The molecule has 1 aliphatic rings. The van der Waals surface area contributed by atoms with E-state index in [4.69, 9.17) is 10.5 Å². The third-order valence-electron chi connectivity index (χ3n) is 2.86. The Bertz CT molecular complexity index is 342. The fourth-order valence-corrected chi connectivity index (χ4v) is 1.94. The summed E-state index contributed by atoms with van der Waals surface area (Å²) in [6.45, 7) is 8.68. The molecule has 0 unspecified atom stereocenters. The molecule has 16 heavy (non-hydrogen) atoms. The predicted molar refractivity (Wildman–Crippen MR) is 63.1 cm³/mol. The van der Waals surface area contributed by atoms with Gasteiger partial charge >= 0.3 is 0 Å². The number of hydrogen-bond acceptors (Lipinski definition) is 4. The molecule has 1 fully saturated rings. The Morgan fingerprint density at radius 1 is 1.44 bits per heavy atom. The van der Waals surface area contributed by atoms with E-state index in [1.165, 1.54) is 0 Å². The van der Waals surface area contributed by atoms with Gasteiger partial charge in [-0.05, 0) is 13.8 Å². The lowest BCUT2D eigenvalue weighted by atomic mass is 10.3. The number of anilines is 1. The van der Waals surface area contributed by atoms with Crippen LogP contribution in [0, 0.1) is 0 Å². The lowest BCUT2D eigenvalue weighted by Crippen LogP contribution is -2.35. The minimum atomic E-state index is 0.367. The molecule has 1 aromatic rings. The van der Waals surface area contributed by atoms with Crippen LogP contribution in [0.5, 0.6) is 0 Å². The van der Waals surface area contributed by atoms with Gasteiger partial charge in [0.15, 0.2) is 0 Å². The molecule has 0 radical (unpaired) electrons. The smallest absolute Gasteiger partial charge is 0.200 e. The van der Waals surface area contributed by atoms with Crippen molar-refractivity contribution in [2.24, 2.45) is 0 Å². The third-order valence-corrected chi connectivity index (χ3v) is 2.86. The second kappa shape index (κ2) is 4.84. The van der Waals surface area contributed by atoms with Crippen molar-refractivity contribution in [2.45, 2.75) is 26.4 Å². The van der Waals surface area contributed by atoms with Gasteiger partial charge in [0, 0.05) is 31.9 Å². The first kappa shape index (κ1) is 11.4. The predicted octanol–water partition coefficient (Wildman–Crippen LogP) is 0.878. The van der Waals surface area contributed by atoms with Gasteiger partial charge in [-0.2, -0.15) is 0 Å². The molecule has 1 aliphatic heterocycles. The van der Waals surface area contributed by atoms with Crippen LogP contribution in [0.1, 0.15) is 25.6 Å². The Morgan fingerprint density at radius 2 is 2.12 bits per heavy atom. The molecule has 0 saturated carbocycles. The average Bonchev–Trinajstić information content (AvgIpc) is 2.61. The molecule has 1 aromatic heterocycles. The van der Waals surface area contributed by atoms with E-state index in [-0.39, 0.29) is 0 Å². The molecule has 2 rings (SSSR count). The highest BCUT2D eigenvalue weighted by Crippen LogP contribution is 2.14. The van der Waals surface area contributed by atoms with Gasteiger partial charge in [0.1, 0.15) is 0 Å². The molecule has 90 valence electrons. The summed E-state index contributed by atoms with van der Waals surface area (Å²) >= 11 is 0. The van der Waals surface area contributed by atoms with Gasteiger partial charge in [-0.3, -0.25) is 4.90 Å². The molecule has 0 aliphatic carbocycles. The number of morpholine rings is 1. The number of aromatic nitrogens is 2. The fraction of sp³-hybridized carbons (Fsp3) is 0.727. The zero-order chi connectivity index (χ0) is 11.5. The maximum atomic E-state index is 5.86. The number of imidazole rings is 1. The molecular formula is C11H20N4O. The van der Waals surface area contributed by atoms with Crippen molar-refractivity contribution in [1.82, 2.24) is 14.5 Å². The Labute approximate surface area is 96.2 Å². The second-order valence-electron chi connectivity index (χ2n) is 4.48. The number of nitrogens with two attached hydrogens (primary N) is 1. The minimum Gasteiger partial charge on any atom is -0.379 e. The van der Waals surface area contributed by atoms with Gasteiger partial charge in [0.2, 0.25) is 5.95 Å². The van der Waals surface area contributed by atoms with Crippen LogP contribution in [0.4, 0.5) is 5.95 Å². The lowest BCUT2D eigenvalue weighted by molar-refractivity contribution is 0.0337. The normalized spacial score (nSPS) is 18.2. The van der Waals surface area contributed by atoms with Crippen molar-refractivity contribution in [3.8, 4) is 0 Å². The fourth-order valence-electron chi connectivity index (χ4n) is 1.94. The summed E-state index contributed by atoms with van der Waals surface area (Å²) in [5.41, 5.74) is 6.91. The molecule has 0 atom stereocenters. The van der Waals surface area contributed by atoms with Crippen molar-refractivity contribution in [2.75, 3.05) is 32.0 Å². The maximum absolute atomic E-state index is 5.86. The van der Waals surface area contributed by atoms with Gasteiger partial charge in [-0.15, -0.1) is 0 Å². The highest BCUT2D eigenvalue weighted by Gasteiger charge is 2.14. The number of nitrogens with zero attached hydrogens (tertiary/aromatic N) is 3. The third kappa shape index (κ3) is 2.54. The number of hydrogen-bond donors (Lipinski definition) is 1. The highest BCUT2D eigenvalue weighted by atomic mass is 16.5. The van der Waals surface area contributed by atoms with Crippen LogP contribution < -0.4 is 5.73 Å².